The van der Waals surface area contributed by atoms with Gasteiger partial charge in [-0.15, -0.1) is 0 Å². The van der Waals surface area contributed by atoms with Crippen molar-refractivity contribution in [3.8, 4) is 0 Å². The molecule has 7 heteroatoms. The van der Waals surface area contributed by atoms with Gasteiger partial charge in [0, 0.05) is 13.1 Å². The molecule has 1 unspecified atom stereocenters. The van der Waals surface area contributed by atoms with Gasteiger partial charge in [-0.2, -0.15) is 4.31 Å². The number of aromatic nitrogens is 2. The molecule has 1 saturated heterocycles. The predicted octanol–water partition coefficient (Wildman–Crippen LogP) is 1.94. The van der Waals surface area contributed by atoms with E-state index in [4.69, 9.17) is 11.6 Å². The van der Waals surface area contributed by atoms with Gasteiger partial charge < -0.3 is 0 Å². The van der Waals surface area contributed by atoms with E-state index in [1.54, 1.807) is 0 Å². The molecule has 0 aromatic carbocycles. The maximum atomic E-state index is 12.4. The standard InChI is InChI=1S/C11H16ClN3O2S/c1-9-3-2-5-15(6-4-9)18(16,17)10-7-13-11(12)14-8-10/h7-9H,2-6H2,1H3. The van der Waals surface area contributed by atoms with E-state index in [9.17, 15) is 8.42 Å². The van der Waals surface area contributed by atoms with Crippen LogP contribution in [-0.2, 0) is 10.0 Å². The monoisotopic (exact) mass is 289 g/mol. The Hall–Kier alpha value is -0.720. The molecular formula is C11H16ClN3O2S. The zero-order valence-electron chi connectivity index (χ0n) is 10.2. The molecule has 5 nitrogen and oxygen atoms in total. The summed E-state index contributed by atoms with van der Waals surface area (Å²) in [4.78, 5) is 7.57. The Kier molecular flexibility index (Phi) is 4.19. The quantitative estimate of drug-likeness (QED) is 0.781. The van der Waals surface area contributed by atoms with E-state index in [1.165, 1.54) is 16.7 Å². The van der Waals surface area contributed by atoms with Crippen LogP contribution < -0.4 is 0 Å². The van der Waals surface area contributed by atoms with Gasteiger partial charge in [0.2, 0.25) is 15.3 Å². The molecule has 18 heavy (non-hydrogen) atoms. The van der Waals surface area contributed by atoms with Gasteiger partial charge in [0.15, 0.2) is 0 Å². The predicted molar refractivity (Wildman–Crippen MR) is 68.8 cm³/mol. The van der Waals surface area contributed by atoms with Crippen LogP contribution in [0.25, 0.3) is 0 Å². The maximum absolute atomic E-state index is 12.4. The van der Waals surface area contributed by atoms with Crippen molar-refractivity contribution in [2.75, 3.05) is 13.1 Å². The fourth-order valence-corrected chi connectivity index (χ4v) is 3.54. The Balaban J connectivity index is 2.22. The third-order valence-corrected chi connectivity index (χ3v) is 5.26. The third-order valence-electron chi connectivity index (χ3n) is 3.21. The molecule has 0 saturated carbocycles. The van der Waals surface area contributed by atoms with E-state index in [-0.39, 0.29) is 10.2 Å². The van der Waals surface area contributed by atoms with Crippen molar-refractivity contribution in [1.82, 2.24) is 14.3 Å². The highest BCUT2D eigenvalue weighted by Crippen LogP contribution is 2.22. The molecule has 1 atom stereocenters. The first-order valence-corrected chi connectivity index (χ1v) is 7.79. The van der Waals surface area contributed by atoms with Crippen molar-refractivity contribution in [3.05, 3.63) is 17.7 Å². The molecule has 0 spiro atoms. The Morgan fingerprint density at radius 1 is 1.28 bits per heavy atom. The number of sulfonamides is 1. The first-order valence-electron chi connectivity index (χ1n) is 5.98. The number of hydrogen-bond donors (Lipinski definition) is 0. The smallest absolute Gasteiger partial charge is 0.225 e. The van der Waals surface area contributed by atoms with Gasteiger partial charge in [-0.25, -0.2) is 18.4 Å². The van der Waals surface area contributed by atoms with E-state index in [1.807, 2.05) is 0 Å². The minimum absolute atomic E-state index is 0.0541. The molecule has 2 rings (SSSR count). The second-order valence-electron chi connectivity index (χ2n) is 4.63. The molecular weight excluding hydrogens is 274 g/mol. The minimum atomic E-state index is -3.48. The van der Waals surface area contributed by atoms with Crippen LogP contribution in [0, 0.1) is 5.92 Å². The highest BCUT2D eigenvalue weighted by atomic mass is 35.5. The summed E-state index contributed by atoms with van der Waals surface area (Å²) >= 11 is 5.56. The van der Waals surface area contributed by atoms with Crippen LogP contribution in [0.15, 0.2) is 17.3 Å². The molecule has 1 fully saturated rings. The summed E-state index contributed by atoms with van der Waals surface area (Å²) < 4.78 is 26.2. The Morgan fingerprint density at radius 2 is 1.94 bits per heavy atom. The molecule has 1 aromatic heterocycles. The maximum Gasteiger partial charge on any atom is 0.246 e. The minimum Gasteiger partial charge on any atom is -0.225 e. The van der Waals surface area contributed by atoms with Gasteiger partial charge in [-0.3, -0.25) is 0 Å². The molecule has 0 aliphatic carbocycles. The van der Waals surface area contributed by atoms with E-state index >= 15 is 0 Å². The molecule has 1 aliphatic heterocycles. The average molecular weight is 290 g/mol. The van der Waals surface area contributed by atoms with Crippen LogP contribution in [0.3, 0.4) is 0 Å². The van der Waals surface area contributed by atoms with Crippen molar-refractivity contribution in [1.29, 1.82) is 0 Å². The van der Waals surface area contributed by atoms with Crippen LogP contribution in [0.5, 0.6) is 0 Å². The van der Waals surface area contributed by atoms with E-state index in [0.717, 1.165) is 19.3 Å². The van der Waals surface area contributed by atoms with E-state index < -0.39 is 10.0 Å². The highest BCUT2D eigenvalue weighted by molar-refractivity contribution is 7.89. The third kappa shape index (κ3) is 2.99. The Bertz CT molecular complexity index is 504. The number of nitrogens with zero attached hydrogens (tertiary/aromatic N) is 3. The Labute approximate surface area is 112 Å². The number of halogens is 1. The van der Waals surface area contributed by atoms with E-state index in [2.05, 4.69) is 16.9 Å². The van der Waals surface area contributed by atoms with Crippen molar-refractivity contribution >= 4 is 21.6 Å². The van der Waals surface area contributed by atoms with Crippen molar-refractivity contribution < 1.29 is 8.42 Å². The summed E-state index contributed by atoms with van der Waals surface area (Å²) in [6.07, 6.45) is 5.39. The van der Waals surface area contributed by atoms with Gasteiger partial charge in [-0.1, -0.05) is 6.92 Å². The molecule has 0 bridgehead atoms. The van der Waals surface area contributed by atoms with Crippen molar-refractivity contribution in [2.45, 2.75) is 31.1 Å². The molecule has 1 aliphatic rings. The summed E-state index contributed by atoms with van der Waals surface area (Å²) in [5, 5.41) is 0.0541. The molecule has 0 radical (unpaired) electrons. The molecule has 0 N–H and O–H groups in total. The zero-order chi connectivity index (χ0) is 13.2. The van der Waals surface area contributed by atoms with Gasteiger partial charge in [0.25, 0.3) is 0 Å². The molecule has 0 amide bonds. The van der Waals surface area contributed by atoms with Crippen LogP contribution >= 0.6 is 11.6 Å². The van der Waals surface area contributed by atoms with Gasteiger partial charge in [-0.05, 0) is 36.8 Å². The molecule has 2 heterocycles. The summed E-state index contributed by atoms with van der Waals surface area (Å²) in [6, 6.07) is 0. The second-order valence-corrected chi connectivity index (χ2v) is 6.90. The largest absolute Gasteiger partial charge is 0.246 e. The Morgan fingerprint density at radius 3 is 2.61 bits per heavy atom. The first kappa shape index (κ1) is 13.7. The first-order chi connectivity index (χ1) is 8.50. The summed E-state index contributed by atoms with van der Waals surface area (Å²) in [5.74, 6) is 0.576. The summed E-state index contributed by atoms with van der Waals surface area (Å²) in [5.41, 5.74) is 0. The fourth-order valence-electron chi connectivity index (χ4n) is 2.06. The van der Waals surface area contributed by atoms with Crippen molar-refractivity contribution in [3.63, 3.8) is 0 Å². The lowest BCUT2D eigenvalue weighted by Crippen LogP contribution is -2.32. The van der Waals surface area contributed by atoms with Crippen LogP contribution in [-0.4, -0.2) is 35.8 Å². The topological polar surface area (TPSA) is 63.2 Å². The second kappa shape index (κ2) is 5.50. The van der Waals surface area contributed by atoms with Crippen LogP contribution in [0.1, 0.15) is 26.2 Å². The average Bonchev–Trinajstić information content (AvgIpc) is 2.55. The van der Waals surface area contributed by atoms with Crippen LogP contribution in [0.4, 0.5) is 0 Å². The van der Waals surface area contributed by atoms with Crippen molar-refractivity contribution in [2.24, 2.45) is 5.92 Å². The molecule has 1 aromatic rings. The van der Waals surface area contributed by atoms with Gasteiger partial charge in [0.1, 0.15) is 4.90 Å². The van der Waals surface area contributed by atoms with Crippen LogP contribution in [0.2, 0.25) is 5.28 Å². The summed E-state index contributed by atoms with van der Waals surface area (Å²) in [7, 11) is -3.48. The lowest BCUT2D eigenvalue weighted by atomic mass is 10.0. The normalized spacial score (nSPS) is 22.7. The zero-order valence-corrected chi connectivity index (χ0v) is 11.8. The van der Waals surface area contributed by atoms with E-state index in [0.29, 0.717) is 19.0 Å². The lowest BCUT2D eigenvalue weighted by Gasteiger charge is -2.19. The lowest BCUT2D eigenvalue weighted by molar-refractivity contribution is 0.416. The fraction of sp³-hybridized carbons (Fsp3) is 0.636. The summed E-state index contributed by atoms with van der Waals surface area (Å²) in [6.45, 7) is 3.28. The highest BCUT2D eigenvalue weighted by Gasteiger charge is 2.27. The number of rotatable bonds is 2. The SMILES string of the molecule is CC1CCCN(S(=O)(=O)c2cnc(Cl)nc2)CC1. The number of hydrogen-bond acceptors (Lipinski definition) is 4. The molecule has 100 valence electrons. The van der Waals surface area contributed by atoms with Gasteiger partial charge >= 0.3 is 0 Å². The van der Waals surface area contributed by atoms with Gasteiger partial charge in [0.05, 0.1) is 12.4 Å².